The lowest BCUT2D eigenvalue weighted by atomic mass is 9.84. The van der Waals surface area contributed by atoms with Gasteiger partial charge in [-0.1, -0.05) is 65.2 Å². The van der Waals surface area contributed by atoms with Crippen LogP contribution in [0.1, 0.15) is 95.4 Å². The zero-order valence-electron chi connectivity index (χ0n) is 21.3. The second-order valence-electron chi connectivity index (χ2n) is 9.78. The first-order valence-corrected chi connectivity index (χ1v) is 11.9. The van der Waals surface area contributed by atoms with Crippen LogP contribution in [-0.2, 0) is 10.2 Å². The molecule has 0 spiro atoms. The standard InChI is InChI=1S/C28H41NO4/c1-8-9-10-11-21(23-14-13-22(32-6)18-26(23)33-7)17-27(31)29-25-16-20(19(2)30)12-15-24(25)28(3,4)5/h12-16,18-19,21,30H,8-11,17H2,1-7H3,(H,29,31). The number of unbranched alkanes of at least 4 members (excludes halogenated alkanes) is 2. The average Bonchev–Trinajstić information content (AvgIpc) is 2.77. The van der Waals surface area contributed by atoms with Gasteiger partial charge >= 0.3 is 0 Å². The summed E-state index contributed by atoms with van der Waals surface area (Å²) in [5.41, 5.74) is 3.48. The summed E-state index contributed by atoms with van der Waals surface area (Å²) in [6, 6.07) is 11.6. The molecule has 0 saturated heterocycles. The Kier molecular flexibility index (Phi) is 9.78. The Bertz CT molecular complexity index is 915. The van der Waals surface area contributed by atoms with Gasteiger partial charge in [0.15, 0.2) is 0 Å². The number of carbonyl (C=O) groups excluding carboxylic acids is 1. The molecule has 2 atom stereocenters. The van der Waals surface area contributed by atoms with E-state index in [0.717, 1.165) is 59.6 Å². The maximum absolute atomic E-state index is 13.3. The molecule has 0 aromatic heterocycles. The van der Waals surface area contributed by atoms with Gasteiger partial charge in [-0.15, -0.1) is 0 Å². The van der Waals surface area contributed by atoms with E-state index in [-0.39, 0.29) is 17.2 Å². The molecule has 0 radical (unpaired) electrons. The van der Waals surface area contributed by atoms with E-state index in [4.69, 9.17) is 9.47 Å². The molecule has 0 bridgehead atoms. The molecule has 0 aliphatic heterocycles. The highest BCUT2D eigenvalue weighted by molar-refractivity contribution is 5.92. The predicted octanol–water partition coefficient (Wildman–Crippen LogP) is 6.75. The molecule has 182 valence electrons. The summed E-state index contributed by atoms with van der Waals surface area (Å²) in [4.78, 5) is 13.3. The Labute approximate surface area is 199 Å². The van der Waals surface area contributed by atoms with Gasteiger partial charge < -0.3 is 19.9 Å². The van der Waals surface area contributed by atoms with Crippen LogP contribution in [0, 0.1) is 0 Å². The number of carbonyl (C=O) groups is 1. The SMILES string of the molecule is CCCCCC(CC(=O)Nc1cc(C(C)O)ccc1C(C)(C)C)c1ccc(OC)cc1OC. The van der Waals surface area contributed by atoms with E-state index in [1.165, 1.54) is 0 Å². The molecule has 33 heavy (non-hydrogen) atoms. The third-order valence-corrected chi connectivity index (χ3v) is 6.08. The van der Waals surface area contributed by atoms with Crippen molar-refractivity contribution >= 4 is 11.6 Å². The largest absolute Gasteiger partial charge is 0.497 e. The van der Waals surface area contributed by atoms with Gasteiger partial charge in [0.1, 0.15) is 11.5 Å². The van der Waals surface area contributed by atoms with E-state index < -0.39 is 6.10 Å². The molecule has 0 fully saturated rings. The fourth-order valence-electron chi connectivity index (χ4n) is 4.17. The average molecular weight is 456 g/mol. The monoisotopic (exact) mass is 455 g/mol. The fraction of sp³-hybridized carbons (Fsp3) is 0.536. The summed E-state index contributed by atoms with van der Waals surface area (Å²) >= 11 is 0. The maximum Gasteiger partial charge on any atom is 0.224 e. The molecular weight excluding hydrogens is 414 g/mol. The number of nitrogens with one attached hydrogen (secondary N) is 1. The number of anilines is 1. The maximum atomic E-state index is 13.3. The predicted molar refractivity (Wildman–Crippen MR) is 135 cm³/mol. The first-order chi connectivity index (χ1) is 15.6. The lowest BCUT2D eigenvalue weighted by Crippen LogP contribution is -2.21. The molecule has 0 aliphatic carbocycles. The highest BCUT2D eigenvalue weighted by atomic mass is 16.5. The molecule has 1 amide bonds. The minimum Gasteiger partial charge on any atom is -0.497 e. The lowest BCUT2D eigenvalue weighted by molar-refractivity contribution is -0.116. The fourth-order valence-corrected chi connectivity index (χ4v) is 4.17. The van der Waals surface area contributed by atoms with Crippen LogP contribution in [-0.4, -0.2) is 25.2 Å². The third kappa shape index (κ3) is 7.50. The third-order valence-electron chi connectivity index (χ3n) is 6.08. The molecule has 2 N–H and O–H groups in total. The number of aliphatic hydroxyl groups excluding tert-OH is 1. The van der Waals surface area contributed by atoms with E-state index in [1.807, 2.05) is 36.4 Å². The van der Waals surface area contributed by atoms with Crippen LogP contribution in [0.2, 0.25) is 0 Å². The van der Waals surface area contributed by atoms with Crippen molar-refractivity contribution in [2.75, 3.05) is 19.5 Å². The first-order valence-electron chi connectivity index (χ1n) is 11.9. The van der Waals surface area contributed by atoms with Crippen molar-refractivity contribution in [3.8, 4) is 11.5 Å². The molecule has 2 aromatic rings. The highest BCUT2D eigenvalue weighted by Gasteiger charge is 2.23. The van der Waals surface area contributed by atoms with E-state index in [2.05, 4.69) is 33.0 Å². The Morgan fingerprint density at radius 1 is 1.06 bits per heavy atom. The van der Waals surface area contributed by atoms with Crippen molar-refractivity contribution in [3.05, 3.63) is 53.1 Å². The molecule has 2 rings (SSSR count). The van der Waals surface area contributed by atoms with Gasteiger partial charge in [0.2, 0.25) is 5.91 Å². The summed E-state index contributed by atoms with van der Waals surface area (Å²) in [6.45, 7) is 10.3. The highest BCUT2D eigenvalue weighted by Crippen LogP contribution is 2.37. The smallest absolute Gasteiger partial charge is 0.224 e. The van der Waals surface area contributed by atoms with E-state index >= 15 is 0 Å². The van der Waals surface area contributed by atoms with E-state index in [9.17, 15) is 9.90 Å². The molecule has 0 heterocycles. The molecule has 5 nitrogen and oxygen atoms in total. The van der Waals surface area contributed by atoms with Crippen LogP contribution in [0.15, 0.2) is 36.4 Å². The van der Waals surface area contributed by atoms with Gasteiger partial charge in [-0.25, -0.2) is 0 Å². The number of methoxy groups -OCH3 is 2. The summed E-state index contributed by atoms with van der Waals surface area (Å²) in [6.07, 6.45) is 3.97. The topological polar surface area (TPSA) is 67.8 Å². The Balaban J connectivity index is 2.33. The Morgan fingerprint density at radius 2 is 1.79 bits per heavy atom. The van der Waals surface area contributed by atoms with Crippen molar-refractivity contribution < 1.29 is 19.4 Å². The number of aliphatic hydroxyl groups is 1. The van der Waals surface area contributed by atoms with Gasteiger partial charge in [-0.05, 0) is 53.5 Å². The first kappa shape index (κ1) is 26.7. The molecule has 0 aliphatic rings. The van der Waals surface area contributed by atoms with Crippen molar-refractivity contribution in [1.82, 2.24) is 0 Å². The normalized spacial score (nSPS) is 13.3. The Morgan fingerprint density at radius 3 is 2.36 bits per heavy atom. The second-order valence-corrected chi connectivity index (χ2v) is 9.78. The number of ether oxygens (including phenoxy) is 2. The van der Waals surface area contributed by atoms with Gasteiger partial charge in [0, 0.05) is 18.2 Å². The van der Waals surface area contributed by atoms with E-state index in [1.54, 1.807) is 21.1 Å². The van der Waals surface area contributed by atoms with Crippen LogP contribution in [0.3, 0.4) is 0 Å². The van der Waals surface area contributed by atoms with Crippen LogP contribution in [0.25, 0.3) is 0 Å². The van der Waals surface area contributed by atoms with Crippen molar-refractivity contribution in [1.29, 1.82) is 0 Å². The van der Waals surface area contributed by atoms with Crippen molar-refractivity contribution in [2.45, 2.75) is 84.2 Å². The molecular formula is C28H41NO4. The van der Waals surface area contributed by atoms with Crippen LogP contribution >= 0.6 is 0 Å². The lowest BCUT2D eigenvalue weighted by Gasteiger charge is -2.25. The van der Waals surface area contributed by atoms with Crippen molar-refractivity contribution in [2.24, 2.45) is 0 Å². The quantitative estimate of drug-likeness (QED) is 0.368. The molecule has 2 aromatic carbocycles. The molecule has 2 unspecified atom stereocenters. The molecule has 0 saturated carbocycles. The number of benzene rings is 2. The summed E-state index contributed by atoms with van der Waals surface area (Å²) in [7, 11) is 3.29. The summed E-state index contributed by atoms with van der Waals surface area (Å²) in [5, 5.41) is 13.2. The number of rotatable bonds is 11. The zero-order chi connectivity index (χ0) is 24.6. The van der Waals surface area contributed by atoms with Crippen molar-refractivity contribution in [3.63, 3.8) is 0 Å². The molecule has 5 heteroatoms. The Hall–Kier alpha value is -2.53. The second kappa shape index (κ2) is 12.1. The summed E-state index contributed by atoms with van der Waals surface area (Å²) < 4.78 is 11.0. The minimum absolute atomic E-state index is 0.0374. The van der Waals surface area contributed by atoms with Gasteiger partial charge in [0.05, 0.1) is 20.3 Å². The zero-order valence-corrected chi connectivity index (χ0v) is 21.3. The van der Waals surface area contributed by atoms with Gasteiger partial charge in [-0.3, -0.25) is 4.79 Å². The summed E-state index contributed by atoms with van der Waals surface area (Å²) in [5.74, 6) is 1.48. The van der Waals surface area contributed by atoms with Crippen LogP contribution in [0.5, 0.6) is 11.5 Å². The van der Waals surface area contributed by atoms with Crippen LogP contribution < -0.4 is 14.8 Å². The number of hydrogen-bond donors (Lipinski definition) is 2. The van der Waals surface area contributed by atoms with Gasteiger partial charge in [0.25, 0.3) is 0 Å². The number of amides is 1. The number of hydrogen-bond acceptors (Lipinski definition) is 4. The van der Waals surface area contributed by atoms with Crippen LogP contribution in [0.4, 0.5) is 5.69 Å². The van der Waals surface area contributed by atoms with Gasteiger partial charge in [-0.2, -0.15) is 0 Å². The van der Waals surface area contributed by atoms with E-state index in [0.29, 0.717) is 6.42 Å². The minimum atomic E-state index is -0.597.